The van der Waals surface area contributed by atoms with Gasteiger partial charge in [0.15, 0.2) is 0 Å². The van der Waals surface area contributed by atoms with Crippen LogP contribution in [0.5, 0.6) is 0 Å². The number of hydrogen-bond donors (Lipinski definition) is 3. The van der Waals surface area contributed by atoms with E-state index in [0.29, 0.717) is 5.84 Å². The molecule has 36 heavy (non-hydrogen) atoms. The molecule has 0 unspecified atom stereocenters. The average Bonchev–Trinajstić information content (AvgIpc) is 3.17. The number of amidine groups is 1. The first-order valence-electron chi connectivity index (χ1n) is 12.3. The van der Waals surface area contributed by atoms with E-state index in [0.717, 1.165) is 63.7 Å². The lowest BCUT2D eigenvalue weighted by Crippen LogP contribution is -2.42. The number of aliphatic imine (C=N–C) groups is 1. The number of aromatic nitrogens is 2. The van der Waals surface area contributed by atoms with E-state index in [2.05, 4.69) is 31.7 Å². The first-order chi connectivity index (χ1) is 17.0. The standard InChI is InChI=1S/C27H35BrN6O2/c1-16-7-6-8-17(2)23(16)33-25(29)21-14-30-34-15-18(28)13-22(34)24(21)31-19-9-11-20(12-10-19)32-26(35)36-27(3,4)5/h6-8,13-15,19-20,31H,9-12H2,1-5H3,(H2,29,33)(H,32,35)/t19-,20-. The van der Waals surface area contributed by atoms with Crippen LogP contribution < -0.4 is 16.4 Å². The van der Waals surface area contributed by atoms with Gasteiger partial charge in [0.05, 0.1) is 28.7 Å². The number of ether oxygens (including phenoxy) is 1. The number of aryl methyl sites for hydroxylation is 2. The van der Waals surface area contributed by atoms with Gasteiger partial charge >= 0.3 is 6.09 Å². The van der Waals surface area contributed by atoms with E-state index < -0.39 is 5.60 Å². The molecule has 9 heteroatoms. The van der Waals surface area contributed by atoms with Gasteiger partial charge in [0.25, 0.3) is 0 Å². The molecular formula is C27H35BrN6O2. The van der Waals surface area contributed by atoms with Gasteiger partial charge in [-0.25, -0.2) is 14.3 Å². The van der Waals surface area contributed by atoms with Crippen LogP contribution in [0.4, 0.5) is 16.2 Å². The zero-order valence-corrected chi connectivity index (χ0v) is 23.1. The van der Waals surface area contributed by atoms with E-state index in [-0.39, 0.29) is 18.2 Å². The number of anilines is 1. The minimum absolute atomic E-state index is 0.105. The maximum atomic E-state index is 12.2. The molecule has 0 radical (unpaired) electrons. The van der Waals surface area contributed by atoms with Crippen molar-refractivity contribution >= 4 is 44.8 Å². The number of hydrogen-bond acceptors (Lipinski definition) is 5. The van der Waals surface area contributed by atoms with Crippen LogP contribution in [0.2, 0.25) is 0 Å². The van der Waals surface area contributed by atoms with Crippen LogP contribution in [0.1, 0.15) is 63.1 Å². The maximum Gasteiger partial charge on any atom is 0.407 e. The fourth-order valence-corrected chi connectivity index (χ4v) is 5.00. The Bertz CT molecular complexity index is 1270. The van der Waals surface area contributed by atoms with Gasteiger partial charge in [-0.2, -0.15) is 5.10 Å². The van der Waals surface area contributed by atoms with Gasteiger partial charge < -0.3 is 21.1 Å². The Morgan fingerprint density at radius 1 is 1.17 bits per heavy atom. The van der Waals surface area contributed by atoms with E-state index in [1.165, 1.54) is 0 Å². The summed E-state index contributed by atoms with van der Waals surface area (Å²) in [6, 6.07) is 8.45. The Morgan fingerprint density at radius 2 is 1.81 bits per heavy atom. The highest BCUT2D eigenvalue weighted by molar-refractivity contribution is 9.10. The summed E-state index contributed by atoms with van der Waals surface area (Å²) in [4.78, 5) is 17.0. The number of nitrogens with two attached hydrogens (primary N) is 1. The quantitative estimate of drug-likeness (QED) is 0.265. The van der Waals surface area contributed by atoms with Crippen molar-refractivity contribution in [2.45, 2.75) is 78.0 Å². The molecule has 1 amide bonds. The van der Waals surface area contributed by atoms with Crippen molar-refractivity contribution in [1.82, 2.24) is 14.9 Å². The van der Waals surface area contributed by atoms with E-state index in [4.69, 9.17) is 15.5 Å². The fraction of sp³-hybridized carbons (Fsp3) is 0.444. The normalized spacial score (nSPS) is 18.8. The molecule has 192 valence electrons. The summed E-state index contributed by atoms with van der Waals surface area (Å²) in [5.74, 6) is 0.419. The highest BCUT2D eigenvalue weighted by atomic mass is 79.9. The Kier molecular flexibility index (Phi) is 7.59. The van der Waals surface area contributed by atoms with Crippen molar-refractivity contribution in [3.05, 3.63) is 57.8 Å². The second-order valence-electron chi connectivity index (χ2n) is 10.5. The molecule has 0 aliphatic heterocycles. The molecule has 0 bridgehead atoms. The fourth-order valence-electron chi connectivity index (χ4n) is 4.59. The number of halogens is 1. The summed E-state index contributed by atoms with van der Waals surface area (Å²) in [5, 5.41) is 11.3. The van der Waals surface area contributed by atoms with Crippen LogP contribution >= 0.6 is 15.9 Å². The Balaban J connectivity index is 1.55. The van der Waals surface area contributed by atoms with Gasteiger partial charge in [-0.15, -0.1) is 0 Å². The smallest absolute Gasteiger partial charge is 0.407 e. The zero-order valence-electron chi connectivity index (χ0n) is 21.6. The summed E-state index contributed by atoms with van der Waals surface area (Å²) in [6.45, 7) is 9.68. The minimum Gasteiger partial charge on any atom is -0.444 e. The number of fused-ring (bicyclic) bond motifs is 1. The first kappa shape index (κ1) is 26.0. The molecule has 1 fully saturated rings. The summed E-state index contributed by atoms with van der Waals surface area (Å²) in [6.07, 6.45) is 6.88. The van der Waals surface area contributed by atoms with Gasteiger partial charge in [0.2, 0.25) is 0 Å². The number of rotatable bonds is 5. The summed E-state index contributed by atoms with van der Waals surface area (Å²) >= 11 is 3.57. The third-order valence-corrected chi connectivity index (χ3v) is 6.78. The second-order valence-corrected chi connectivity index (χ2v) is 11.4. The predicted molar refractivity (Wildman–Crippen MR) is 148 cm³/mol. The van der Waals surface area contributed by atoms with E-state index in [1.807, 2.05) is 69.6 Å². The molecule has 2 heterocycles. The van der Waals surface area contributed by atoms with Gasteiger partial charge in [0.1, 0.15) is 11.4 Å². The van der Waals surface area contributed by atoms with Crippen LogP contribution in [-0.4, -0.2) is 39.2 Å². The lowest BCUT2D eigenvalue weighted by molar-refractivity contribution is 0.0492. The minimum atomic E-state index is -0.504. The summed E-state index contributed by atoms with van der Waals surface area (Å²) < 4.78 is 8.18. The lowest BCUT2D eigenvalue weighted by atomic mass is 9.91. The van der Waals surface area contributed by atoms with Gasteiger partial charge in [-0.3, -0.25) is 0 Å². The molecule has 4 rings (SSSR count). The van der Waals surface area contributed by atoms with E-state index in [9.17, 15) is 4.79 Å². The molecule has 0 spiro atoms. The van der Waals surface area contributed by atoms with Crippen LogP contribution in [0, 0.1) is 13.8 Å². The SMILES string of the molecule is Cc1cccc(C)c1/N=C(\N)c1cnn2cc(Br)cc2c1N[C@H]1CC[C@H](NC(=O)OC(C)(C)C)CC1. The van der Waals surface area contributed by atoms with Crippen LogP contribution in [0.25, 0.3) is 5.52 Å². The number of nitrogens with zero attached hydrogens (tertiary/aromatic N) is 3. The highest BCUT2D eigenvalue weighted by Crippen LogP contribution is 2.31. The van der Waals surface area contributed by atoms with Crippen LogP contribution in [-0.2, 0) is 4.74 Å². The van der Waals surface area contributed by atoms with Crippen molar-refractivity contribution in [2.24, 2.45) is 10.7 Å². The second kappa shape index (κ2) is 10.5. The molecule has 0 atom stereocenters. The van der Waals surface area contributed by atoms with Crippen LogP contribution in [0.15, 0.2) is 46.1 Å². The molecule has 8 nitrogen and oxygen atoms in total. The molecule has 3 aromatic rings. The van der Waals surface area contributed by atoms with Crippen molar-refractivity contribution in [2.75, 3.05) is 5.32 Å². The third kappa shape index (κ3) is 6.19. The average molecular weight is 556 g/mol. The molecule has 4 N–H and O–H groups in total. The van der Waals surface area contributed by atoms with E-state index in [1.54, 1.807) is 6.20 Å². The predicted octanol–water partition coefficient (Wildman–Crippen LogP) is 6.00. The number of alkyl carbamates (subject to hydrolysis) is 1. The number of carbonyl (C=O) groups excluding carboxylic acids is 1. The molecule has 1 saturated carbocycles. The molecule has 1 aliphatic carbocycles. The van der Waals surface area contributed by atoms with Crippen molar-refractivity contribution in [3.8, 4) is 0 Å². The maximum absolute atomic E-state index is 12.2. The number of amides is 1. The van der Waals surface area contributed by atoms with Crippen LogP contribution in [0.3, 0.4) is 0 Å². The van der Waals surface area contributed by atoms with Gasteiger partial charge in [-0.1, -0.05) is 18.2 Å². The third-order valence-electron chi connectivity index (χ3n) is 6.35. The van der Waals surface area contributed by atoms with Crippen molar-refractivity contribution < 1.29 is 9.53 Å². The molecule has 2 aromatic heterocycles. The van der Waals surface area contributed by atoms with Gasteiger partial charge in [0, 0.05) is 22.8 Å². The first-order valence-corrected chi connectivity index (χ1v) is 13.1. The Morgan fingerprint density at radius 3 is 2.44 bits per heavy atom. The monoisotopic (exact) mass is 554 g/mol. The molecular weight excluding hydrogens is 520 g/mol. The van der Waals surface area contributed by atoms with E-state index >= 15 is 0 Å². The summed E-state index contributed by atoms with van der Waals surface area (Å²) in [7, 11) is 0. The Hall–Kier alpha value is -3.07. The van der Waals surface area contributed by atoms with Crippen molar-refractivity contribution in [1.29, 1.82) is 0 Å². The highest BCUT2D eigenvalue weighted by Gasteiger charge is 2.26. The zero-order chi connectivity index (χ0) is 26.0. The largest absolute Gasteiger partial charge is 0.444 e. The number of carbonyl (C=O) groups is 1. The number of nitrogens with one attached hydrogen (secondary N) is 2. The Labute approximate surface area is 220 Å². The number of para-hydroxylation sites is 1. The summed E-state index contributed by atoms with van der Waals surface area (Å²) in [5.41, 5.74) is 11.7. The topological polar surface area (TPSA) is 106 Å². The lowest BCUT2D eigenvalue weighted by Gasteiger charge is -2.31. The molecule has 1 aliphatic rings. The molecule has 1 aromatic carbocycles. The number of benzene rings is 1. The molecule has 0 saturated heterocycles. The van der Waals surface area contributed by atoms with Gasteiger partial charge in [-0.05, 0) is 93.4 Å². The van der Waals surface area contributed by atoms with Crippen molar-refractivity contribution in [3.63, 3.8) is 0 Å².